The number of hydrogen-bond acceptors (Lipinski definition) is 2. The van der Waals surface area contributed by atoms with Crippen LogP contribution in [0.2, 0.25) is 0 Å². The van der Waals surface area contributed by atoms with Crippen LogP contribution in [0, 0.1) is 13.8 Å². The molecule has 1 aliphatic rings. The average molecular weight is 288 g/mol. The number of rotatable bonds is 6. The van der Waals surface area contributed by atoms with Gasteiger partial charge in [0.05, 0.1) is 6.04 Å². The topological polar surface area (TPSA) is 15.3 Å². The van der Waals surface area contributed by atoms with Crippen LogP contribution in [0.1, 0.15) is 62.8 Å². The highest BCUT2D eigenvalue weighted by Crippen LogP contribution is 2.37. The number of likely N-dealkylation sites (N-methyl/N-ethyl adjacent to an activating group) is 1. The van der Waals surface area contributed by atoms with Crippen LogP contribution in [-0.4, -0.2) is 30.1 Å². The van der Waals surface area contributed by atoms with E-state index >= 15 is 0 Å². The van der Waals surface area contributed by atoms with Gasteiger partial charge in [-0.1, -0.05) is 37.6 Å². The Balaban J connectivity index is 2.39. The van der Waals surface area contributed by atoms with E-state index in [9.17, 15) is 0 Å². The molecule has 0 amide bonds. The SMILES string of the molecule is CCNC(c1ccc(C)cc1C)C(C)(CC)N1CCCC1. The predicted octanol–water partition coefficient (Wildman–Crippen LogP) is 4.22. The fourth-order valence-corrected chi connectivity index (χ4v) is 3.86. The van der Waals surface area contributed by atoms with E-state index in [1.807, 2.05) is 0 Å². The number of nitrogens with zero attached hydrogens (tertiary/aromatic N) is 1. The molecule has 118 valence electrons. The van der Waals surface area contributed by atoms with Gasteiger partial charge in [0.15, 0.2) is 0 Å². The van der Waals surface area contributed by atoms with Gasteiger partial charge >= 0.3 is 0 Å². The maximum atomic E-state index is 3.79. The number of likely N-dealkylation sites (tertiary alicyclic amines) is 1. The molecule has 2 nitrogen and oxygen atoms in total. The lowest BCUT2D eigenvalue weighted by Crippen LogP contribution is -2.53. The number of hydrogen-bond donors (Lipinski definition) is 1. The van der Waals surface area contributed by atoms with Gasteiger partial charge in [-0.25, -0.2) is 0 Å². The van der Waals surface area contributed by atoms with Gasteiger partial charge in [-0.05, 0) is 70.8 Å². The van der Waals surface area contributed by atoms with Crippen molar-refractivity contribution in [2.24, 2.45) is 0 Å². The summed E-state index contributed by atoms with van der Waals surface area (Å²) >= 11 is 0. The summed E-state index contributed by atoms with van der Waals surface area (Å²) in [6, 6.07) is 7.32. The Kier molecular flexibility index (Phi) is 5.45. The van der Waals surface area contributed by atoms with E-state index in [-0.39, 0.29) is 5.54 Å². The van der Waals surface area contributed by atoms with Gasteiger partial charge in [0.1, 0.15) is 0 Å². The minimum Gasteiger partial charge on any atom is -0.309 e. The van der Waals surface area contributed by atoms with Crippen LogP contribution >= 0.6 is 0 Å². The van der Waals surface area contributed by atoms with Crippen molar-refractivity contribution in [3.63, 3.8) is 0 Å². The van der Waals surface area contributed by atoms with Crippen LogP contribution in [0.15, 0.2) is 18.2 Å². The molecule has 1 fully saturated rings. The van der Waals surface area contributed by atoms with E-state index in [0.717, 1.165) is 6.54 Å². The van der Waals surface area contributed by atoms with Crippen molar-refractivity contribution < 1.29 is 0 Å². The molecule has 2 unspecified atom stereocenters. The van der Waals surface area contributed by atoms with Crippen molar-refractivity contribution in [1.82, 2.24) is 10.2 Å². The Labute approximate surface area is 130 Å². The fraction of sp³-hybridized carbons (Fsp3) is 0.684. The third-order valence-electron chi connectivity index (χ3n) is 5.31. The molecule has 2 heteroatoms. The number of benzene rings is 1. The Bertz CT molecular complexity index is 463. The molecular formula is C19H32N2. The summed E-state index contributed by atoms with van der Waals surface area (Å²) in [5.74, 6) is 0. The van der Waals surface area contributed by atoms with Crippen molar-refractivity contribution in [2.45, 2.75) is 65.5 Å². The smallest absolute Gasteiger partial charge is 0.0506 e. The molecule has 2 rings (SSSR count). The summed E-state index contributed by atoms with van der Waals surface area (Å²) in [7, 11) is 0. The zero-order valence-corrected chi connectivity index (χ0v) is 14.5. The van der Waals surface area contributed by atoms with Gasteiger partial charge in [0, 0.05) is 5.54 Å². The van der Waals surface area contributed by atoms with E-state index < -0.39 is 0 Å². The minimum atomic E-state index is 0.201. The standard InChI is InChI=1S/C19H32N2/c1-6-19(5,21-12-8-9-13-21)18(20-7-2)17-11-10-15(3)14-16(17)4/h10-11,14,18,20H,6-9,12-13H2,1-5H3. The molecule has 1 saturated heterocycles. The van der Waals surface area contributed by atoms with Gasteiger partial charge in [-0.15, -0.1) is 0 Å². The first-order chi connectivity index (χ1) is 10.0. The van der Waals surface area contributed by atoms with Crippen molar-refractivity contribution >= 4 is 0 Å². The first-order valence-corrected chi connectivity index (χ1v) is 8.58. The summed E-state index contributed by atoms with van der Waals surface area (Å²) in [4.78, 5) is 2.71. The summed E-state index contributed by atoms with van der Waals surface area (Å²) in [5.41, 5.74) is 4.44. The van der Waals surface area contributed by atoms with E-state index in [4.69, 9.17) is 0 Å². The molecular weight excluding hydrogens is 256 g/mol. The lowest BCUT2D eigenvalue weighted by atomic mass is 9.81. The Morgan fingerprint density at radius 2 is 1.86 bits per heavy atom. The Morgan fingerprint density at radius 1 is 1.19 bits per heavy atom. The third kappa shape index (κ3) is 3.32. The average Bonchev–Trinajstić information content (AvgIpc) is 2.99. The van der Waals surface area contributed by atoms with E-state index in [1.54, 1.807) is 0 Å². The second-order valence-electron chi connectivity index (χ2n) is 6.76. The fourth-order valence-electron chi connectivity index (χ4n) is 3.86. The second-order valence-corrected chi connectivity index (χ2v) is 6.76. The van der Waals surface area contributed by atoms with Crippen LogP contribution in [0.3, 0.4) is 0 Å². The van der Waals surface area contributed by atoms with Gasteiger partial charge in [0.25, 0.3) is 0 Å². The lowest BCUT2D eigenvalue weighted by Gasteiger charge is -2.45. The minimum absolute atomic E-state index is 0.201. The summed E-state index contributed by atoms with van der Waals surface area (Å²) < 4.78 is 0. The maximum absolute atomic E-state index is 3.79. The maximum Gasteiger partial charge on any atom is 0.0506 e. The monoisotopic (exact) mass is 288 g/mol. The van der Waals surface area contributed by atoms with Crippen LogP contribution in [0.5, 0.6) is 0 Å². The predicted molar refractivity (Wildman–Crippen MR) is 91.8 cm³/mol. The lowest BCUT2D eigenvalue weighted by molar-refractivity contribution is 0.0844. The quantitative estimate of drug-likeness (QED) is 0.843. The largest absolute Gasteiger partial charge is 0.309 e. The summed E-state index contributed by atoms with van der Waals surface area (Å²) in [6.07, 6.45) is 3.88. The van der Waals surface area contributed by atoms with Crippen molar-refractivity contribution in [3.05, 3.63) is 34.9 Å². The molecule has 0 bridgehead atoms. The molecule has 1 aliphatic heterocycles. The normalized spacial score (nSPS) is 20.4. The first-order valence-electron chi connectivity index (χ1n) is 8.58. The van der Waals surface area contributed by atoms with E-state index in [0.29, 0.717) is 6.04 Å². The van der Waals surface area contributed by atoms with E-state index in [1.165, 1.54) is 49.0 Å². The molecule has 0 saturated carbocycles. The zero-order chi connectivity index (χ0) is 15.5. The van der Waals surface area contributed by atoms with Crippen molar-refractivity contribution in [1.29, 1.82) is 0 Å². The molecule has 0 aliphatic carbocycles. The van der Waals surface area contributed by atoms with Gasteiger partial charge < -0.3 is 5.32 Å². The van der Waals surface area contributed by atoms with Crippen LogP contribution in [-0.2, 0) is 0 Å². The van der Waals surface area contributed by atoms with Crippen molar-refractivity contribution in [2.75, 3.05) is 19.6 Å². The molecule has 1 aromatic rings. The molecule has 1 N–H and O–H groups in total. The molecule has 0 radical (unpaired) electrons. The van der Waals surface area contributed by atoms with Gasteiger partial charge in [-0.2, -0.15) is 0 Å². The highest BCUT2D eigenvalue weighted by molar-refractivity contribution is 5.35. The van der Waals surface area contributed by atoms with Crippen molar-refractivity contribution in [3.8, 4) is 0 Å². The zero-order valence-electron chi connectivity index (χ0n) is 14.5. The summed E-state index contributed by atoms with van der Waals surface area (Å²) in [5, 5.41) is 3.79. The molecule has 1 aromatic carbocycles. The van der Waals surface area contributed by atoms with Crippen LogP contribution < -0.4 is 5.32 Å². The van der Waals surface area contributed by atoms with E-state index in [2.05, 4.69) is 63.0 Å². The van der Waals surface area contributed by atoms with Crippen LogP contribution in [0.25, 0.3) is 0 Å². The summed E-state index contributed by atoms with van der Waals surface area (Å²) in [6.45, 7) is 15.0. The molecule has 0 spiro atoms. The highest BCUT2D eigenvalue weighted by Gasteiger charge is 2.40. The Hall–Kier alpha value is -0.860. The number of nitrogens with one attached hydrogen (secondary N) is 1. The van der Waals surface area contributed by atoms with Gasteiger partial charge in [-0.3, -0.25) is 4.90 Å². The second kappa shape index (κ2) is 6.93. The molecule has 2 atom stereocenters. The van der Waals surface area contributed by atoms with Gasteiger partial charge in [0.2, 0.25) is 0 Å². The first kappa shape index (κ1) is 16.5. The molecule has 1 heterocycles. The Morgan fingerprint density at radius 3 is 2.38 bits per heavy atom. The third-order valence-corrected chi connectivity index (χ3v) is 5.31. The number of aryl methyl sites for hydroxylation is 2. The molecule has 21 heavy (non-hydrogen) atoms. The highest BCUT2D eigenvalue weighted by atomic mass is 15.2. The molecule has 0 aromatic heterocycles. The van der Waals surface area contributed by atoms with Crippen LogP contribution in [0.4, 0.5) is 0 Å².